The molecule has 0 saturated carbocycles. The molecule has 1 aromatic heterocycles. The van der Waals surface area contributed by atoms with Crippen molar-refractivity contribution in [2.45, 2.75) is 6.92 Å². The first-order valence-corrected chi connectivity index (χ1v) is 11.2. The summed E-state index contributed by atoms with van der Waals surface area (Å²) in [6, 6.07) is 31.4. The lowest BCUT2D eigenvalue weighted by molar-refractivity contribution is 0.0949. The van der Waals surface area contributed by atoms with Gasteiger partial charge in [0.25, 0.3) is 5.91 Å². The normalized spacial score (nSPS) is 11.2. The van der Waals surface area contributed by atoms with Crippen molar-refractivity contribution in [1.82, 2.24) is 15.2 Å². The van der Waals surface area contributed by atoms with Gasteiger partial charge < -0.3 is 0 Å². The molecular formula is C28H21ClN4O. The predicted molar refractivity (Wildman–Crippen MR) is 138 cm³/mol. The van der Waals surface area contributed by atoms with Crippen molar-refractivity contribution in [2.24, 2.45) is 5.10 Å². The van der Waals surface area contributed by atoms with Gasteiger partial charge in [0.15, 0.2) is 5.69 Å². The van der Waals surface area contributed by atoms with Crippen LogP contribution >= 0.6 is 11.6 Å². The Hall–Kier alpha value is -4.22. The number of hydrazone groups is 1. The van der Waals surface area contributed by atoms with Gasteiger partial charge in [-0.05, 0) is 59.2 Å². The van der Waals surface area contributed by atoms with E-state index in [1.54, 1.807) is 24.4 Å². The van der Waals surface area contributed by atoms with E-state index in [2.05, 4.69) is 46.0 Å². The zero-order chi connectivity index (χ0) is 23.5. The van der Waals surface area contributed by atoms with Gasteiger partial charge in [0.2, 0.25) is 0 Å². The van der Waals surface area contributed by atoms with Crippen LogP contribution in [0.15, 0.2) is 102 Å². The molecule has 166 valence electrons. The molecule has 34 heavy (non-hydrogen) atoms. The van der Waals surface area contributed by atoms with Crippen molar-refractivity contribution in [3.8, 4) is 16.9 Å². The molecule has 0 aliphatic carbocycles. The Balaban J connectivity index is 1.51. The van der Waals surface area contributed by atoms with Gasteiger partial charge in [0, 0.05) is 10.6 Å². The molecule has 5 nitrogen and oxygen atoms in total. The van der Waals surface area contributed by atoms with Crippen LogP contribution in [0.5, 0.6) is 0 Å². The summed E-state index contributed by atoms with van der Waals surface area (Å²) in [5, 5.41) is 11.6. The molecule has 0 saturated heterocycles. The fraction of sp³-hybridized carbons (Fsp3) is 0.0357. The summed E-state index contributed by atoms with van der Waals surface area (Å²) in [6.07, 6.45) is 1.57. The van der Waals surface area contributed by atoms with Gasteiger partial charge in [0.05, 0.1) is 17.6 Å². The number of rotatable bonds is 5. The summed E-state index contributed by atoms with van der Waals surface area (Å²) in [5.41, 5.74) is 7.44. The first-order valence-electron chi connectivity index (χ1n) is 10.8. The van der Waals surface area contributed by atoms with Crippen LogP contribution < -0.4 is 5.43 Å². The first kappa shape index (κ1) is 21.6. The summed E-state index contributed by atoms with van der Waals surface area (Å²) < 4.78 is 1.82. The van der Waals surface area contributed by atoms with E-state index in [-0.39, 0.29) is 11.6 Å². The lowest BCUT2D eigenvalue weighted by Crippen LogP contribution is -2.18. The van der Waals surface area contributed by atoms with Crippen molar-refractivity contribution < 1.29 is 4.79 Å². The molecule has 1 heterocycles. The number of hydrogen-bond acceptors (Lipinski definition) is 3. The maximum Gasteiger partial charge on any atom is 0.291 e. The van der Waals surface area contributed by atoms with Crippen molar-refractivity contribution in [3.05, 3.63) is 119 Å². The van der Waals surface area contributed by atoms with Crippen LogP contribution in [0.3, 0.4) is 0 Å². The van der Waals surface area contributed by atoms with Crippen molar-refractivity contribution in [1.29, 1.82) is 0 Å². The largest absolute Gasteiger partial charge is 0.291 e. The molecule has 0 spiro atoms. The Kier molecular flexibility index (Phi) is 5.93. The minimum atomic E-state index is -0.389. The van der Waals surface area contributed by atoms with Crippen LogP contribution in [0.2, 0.25) is 5.02 Å². The standard InChI is InChI=1S/C28H21ClN4O/c1-19-6-2-5-9-26(19)33-27(23-13-12-21-7-3-4-8-22(21)16-23)17-25(32-33)28(34)31-30-18-20-10-14-24(29)15-11-20/h2-18H,1H3,(H,31,34)/b30-18-. The Morgan fingerprint density at radius 2 is 1.65 bits per heavy atom. The predicted octanol–water partition coefficient (Wildman–Crippen LogP) is 6.42. The number of nitrogens with zero attached hydrogens (tertiary/aromatic N) is 3. The molecule has 0 unspecified atom stereocenters. The molecular weight excluding hydrogens is 444 g/mol. The first-order chi connectivity index (χ1) is 16.6. The van der Waals surface area contributed by atoms with Gasteiger partial charge in [-0.2, -0.15) is 10.2 Å². The van der Waals surface area contributed by atoms with E-state index in [0.29, 0.717) is 5.02 Å². The van der Waals surface area contributed by atoms with Gasteiger partial charge in [-0.25, -0.2) is 10.1 Å². The summed E-state index contributed by atoms with van der Waals surface area (Å²) in [6.45, 7) is 2.03. The van der Waals surface area contributed by atoms with Crippen molar-refractivity contribution in [2.75, 3.05) is 0 Å². The van der Waals surface area contributed by atoms with E-state index in [9.17, 15) is 4.79 Å². The van der Waals surface area contributed by atoms with Crippen molar-refractivity contribution >= 4 is 34.5 Å². The van der Waals surface area contributed by atoms with E-state index < -0.39 is 0 Å². The number of amides is 1. The second-order valence-corrected chi connectivity index (χ2v) is 8.36. The van der Waals surface area contributed by atoms with Crippen LogP contribution in [0, 0.1) is 6.92 Å². The maximum absolute atomic E-state index is 12.9. The minimum Gasteiger partial charge on any atom is -0.265 e. The van der Waals surface area contributed by atoms with E-state index in [1.807, 2.05) is 60.1 Å². The fourth-order valence-corrected chi connectivity index (χ4v) is 3.93. The molecule has 0 radical (unpaired) electrons. The highest BCUT2D eigenvalue weighted by Crippen LogP contribution is 2.28. The van der Waals surface area contributed by atoms with Gasteiger partial charge in [-0.1, -0.05) is 78.3 Å². The molecule has 5 aromatic rings. The van der Waals surface area contributed by atoms with E-state index in [0.717, 1.165) is 38.8 Å². The highest BCUT2D eigenvalue weighted by Gasteiger charge is 2.17. The van der Waals surface area contributed by atoms with E-state index in [1.165, 1.54) is 0 Å². The third-order valence-electron chi connectivity index (χ3n) is 5.58. The summed E-state index contributed by atoms with van der Waals surface area (Å²) in [7, 11) is 0. The Morgan fingerprint density at radius 1 is 0.912 bits per heavy atom. The Labute approximate surface area is 202 Å². The van der Waals surface area contributed by atoms with Crippen LogP contribution in [-0.4, -0.2) is 21.9 Å². The molecule has 0 aliphatic heterocycles. The number of hydrogen-bond donors (Lipinski definition) is 1. The number of fused-ring (bicyclic) bond motifs is 1. The summed E-state index contributed by atoms with van der Waals surface area (Å²) in [5.74, 6) is -0.389. The molecule has 1 N–H and O–H groups in total. The molecule has 0 atom stereocenters. The zero-order valence-corrected chi connectivity index (χ0v) is 19.2. The topological polar surface area (TPSA) is 59.3 Å². The number of nitrogens with one attached hydrogen (secondary N) is 1. The number of aryl methyl sites for hydroxylation is 1. The second kappa shape index (κ2) is 9.33. The van der Waals surface area contributed by atoms with E-state index in [4.69, 9.17) is 11.6 Å². The minimum absolute atomic E-state index is 0.277. The summed E-state index contributed by atoms with van der Waals surface area (Å²) in [4.78, 5) is 12.9. The number of carbonyl (C=O) groups is 1. The Bertz CT molecular complexity index is 1520. The third kappa shape index (κ3) is 4.47. The zero-order valence-electron chi connectivity index (χ0n) is 18.4. The van der Waals surface area contributed by atoms with Crippen LogP contribution in [-0.2, 0) is 0 Å². The van der Waals surface area contributed by atoms with Crippen LogP contribution in [0.1, 0.15) is 21.6 Å². The molecule has 1 amide bonds. The van der Waals surface area contributed by atoms with Crippen LogP contribution in [0.4, 0.5) is 0 Å². The van der Waals surface area contributed by atoms with Gasteiger partial charge >= 0.3 is 0 Å². The number of aromatic nitrogens is 2. The molecule has 6 heteroatoms. The Morgan fingerprint density at radius 3 is 2.44 bits per heavy atom. The maximum atomic E-state index is 12.9. The molecule has 4 aromatic carbocycles. The lowest BCUT2D eigenvalue weighted by Gasteiger charge is -2.11. The van der Waals surface area contributed by atoms with E-state index >= 15 is 0 Å². The highest BCUT2D eigenvalue weighted by atomic mass is 35.5. The van der Waals surface area contributed by atoms with Gasteiger partial charge in [-0.15, -0.1) is 0 Å². The van der Waals surface area contributed by atoms with Crippen molar-refractivity contribution in [3.63, 3.8) is 0 Å². The average molecular weight is 465 g/mol. The fourth-order valence-electron chi connectivity index (χ4n) is 3.80. The monoisotopic (exact) mass is 464 g/mol. The third-order valence-corrected chi connectivity index (χ3v) is 5.83. The number of benzene rings is 4. The second-order valence-electron chi connectivity index (χ2n) is 7.93. The highest BCUT2D eigenvalue weighted by molar-refractivity contribution is 6.30. The number of halogens is 1. The van der Waals surface area contributed by atoms with Gasteiger partial charge in [0.1, 0.15) is 0 Å². The smallest absolute Gasteiger partial charge is 0.265 e. The molecule has 0 aliphatic rings. The molecule has 5 rings (SSSR count). The number of carbonyl (C=O) groups excluding carboxylic acids is 1. The molecule has 0 bridgehead atoms. The number of para-hydroxylation sites is 1. The summed E-state index contributed by atoms with van der Waals surface area (Å²) >= 11 is 5.91. The van der Waals surface area contributed by atoms with Gasteiger partial charge in [-0.3, -0.25) is 4.79 Å². The van der Waals surface area contributed by atoms with Crippen LogP contribution in [0.25, 0.3) is 27.7 Å². The SMILES string of the molecule is Cc1ccccc1-n1nc(C(=O)N/N=C\c2ccc(Cl)cc2)cc1-c1ccc2ccccc2c1. The quantitative estimate of drug-likeness (QED) is 0.241. The molecule has 0 fully saturated rings. The average Bonchev–Trinajstić information content (AvgIpc) is 3.30. The lowest BCUT2D eigenvalue weighted by atomic mass is 10.0.